The number of nitrogens with zero attached hydrogens (tertiary/aromatic N) is 1. The van der Waals surface area contributed by atoms with Gasteiger partial charge in [-0.2, -0.15) is 0 Å². The highest BCUT2D eigenvalue weighted by Crippen LogP contribution is 2.38. The molecule has 4 aromatic rings. The van der Waals surface area contributed by atoms with Gasteiger partial charge in [0.05, 0.1) is 12.7 Å². The number of ether oxygens (including phenoxy) is 2. The molecule has 5 nitrogen and oxygen atoms in total. The van der Waals surface area contributed by atoms with Crippen molar-refractivity contribution in [1.29, 1.82) is 0 Å². The predicted octanol–water partition coefficient (Wildman–Crippen LogP) is 6.26. The van der Waals surface area contributed by atoms with Crippen molar-refractivity contribution in [3.8, 4) is 17.2 Å². The molecule has 0 aromatic heterocycles. The highest BCUT2D eigenvalue weighted by Gasteiger charge is 2.34. The first-order valence-electron chi connectivity index (χ1n) is 10.4. The highest BCUT2D eigenvalue weighted by molar-refractivity contribution is 6.12. The van der Waals surface area contributed by atoms with Crippen LogP contribution in [0.4, 0.5) is 11.4 Å². The average molecular weight is 422 g/mol. The Bertz CT molecular complexity index is 1240. The molecule has 5 heteroatoms. The molecule has 0 saturated heterocycles. The molecule has 0 saturated carbocycles. The molecule has 1 N–H and O–H groups in total. The van der Waals surface area contributed by atoms with Gasteiger partial charge in [0.15, 0.2) is 0 Å². The molecule has 1 heterocycles. The summed E-state index contributed by atoms with van der Waals surface area (Å²) in [5.41, 5.74) is 3.13. The molecule has 0 unspecified atom stereocenters. The second kappa shape index (κ2) is 8.47. The maximum atomic E-state index is 13.6. The van der Waals surface area contributed by atoms with Crippen molar-refractivity contribution in [3.05, 3.63) is 114 Å². The van der Waals surface area contributed by atoms with E-state index in [1.165, 1.54) is 0 Å². The normalized spacial score (nSPS) is 15.0. The van der Waals surface area contributed by atoms with E-state index in [0.717, 1.165) is 28.4 Å². The van der Waals surface area contributed by atoms with Gasteiger partial charge in [-0.3, -0.25) is 9.69 Å². The summed E-state index contributed by atoms with van der Waals surface area (Å²) in [4.78, 5) is 15.3. The van der Waals surface area contributed by atoms with Gasteiger partial charge in [-0.25, -0.2) is 0 Å². The monoisotopic (exact) mass is 422 g/mol. The summed E-state index contributed by atoms with van der Waals surface area (Å²) in [7, 11) is 1.62. The van der Waals surface area contributed by atoms with Gasteiger partial charge >= 0.3 is 0 Å². The lowest BCUT2D eigenvalue weighted by Gasteiger charge is -2.38. The SMILES string of the molecule is COc1ccc(N2C(=O)c3ccccc3N[C@@H]2c2cccc(Oc3ccccc3)c2)cc1. The van der Waals surface area contributed by atoms with Crippen LogP contribution in [0, 0.1) is 0 Å². The van der Waals surface area contributed by atoms with Crippen molar-refractivity contribution in [1.82, 2.24) is 0 Å². The van der Waals surface area contributed by atoms with Crippen molar-refractivity contribution in [2.75, 3.05) is 17.3 Å². The van der Waals surface area contributed by atoms with Crippen LogP contribution in [0.15, 0.2) is 103 Å². The van der Waals surface area contributed by atoms with Gasteiger partial charge in [0.25, 0.3) is 5.91 Å². The van der Waals surface area contributed by atoms with E-state index < -0.39 is 6.17 Å². The Morgan fingerprint density at radius 2 is 1.47 bits per heavy atom. The van der Waals surface area contributed by atoms with E-state index in [1.54, 1.807) is 12.0 Å². The van der Waals surface area contributed by atoms with Crippen LogP contribution in [0.25, 0.3) is 0 Å². The Kier molecular flexibility index (Phi) is 5.22. The van der Waals surface area contributed by atoms with Crippen LogP contribution >= 0.6 is 0 Å². The first-order chi connectivity index (χ1) is 15.7. The molecule has 0 aliphatic carbocycles. The van der Waals surface area contributed by atoms with E-state index in [4.69, 9.17) is 9.47 Å². The van der Waals surface area contributed by atoms with Crippen LogP contribution in [0.5, 0.6) is 17.2 Å². The summed E-state index contributed by atoms with van der Waals surface area (Å²) < 4.78 is 11.3. The van der Waals surface area contributed by atoms with E-state index in [-0.39, 0.29) is 5.91 Å². The minimum absolute atomic E-state index is 0.0658. The number of rotatable bonds is 5. The third-order valence-electron chi connectivity index (χ3n) is 5.43. The summed E-state index contributed by atoms with van der Waals surface area (Å²) in [6, 6.07) is 32.5. The van der Waals surface area contributed by atoms with Gasteiger partial charge in [0.1, 0.15) is 23.4 Å². The van der Waals surface area contributed by atoms with Crippen LogP contribution in [0.1, 0.15) is 22.1 Å². The first kappa shape index (κ1) is 19.7. The standard InChI is InChI=1S/C27H22N2O3/c1-31-21-16-14-20(15-17-21)29-26(28-25-13-6-5-12-24(25)27(29)30)19-8-7-11-23(18-19)32-22-9-3-2-4-10-22/h2-18,26,28H,1H3/t26-/m0/s1. The zero-order chi connectivity index (χ0) is 21.9. The molecular weight excluding hydrogens is 400 g/mol. The number of methoxy groups -OCH3 is 1. The largest absolute Gasteiger partial charge is 0.497 e. The van der Waals surface area contributed by atoms with E-state index in [9.17, 15) is 4.79 Å². The number of nitrogens with one attached hydrogen (secondary N) is 1. The number of para-hydroxylation sites is 2. The average Bonchev–Trinajstić information content (AvgIpc) is 2.85. The summed E-state index contributed by atoms with van der Waals surface area (Å²) in [6.45, 7) is 0. The number of hydrogen-bond acceptors (Lipinski definition) is 4. The van der Waals surface area contributed by atoms with Crippen molar-refractivity contribution < 1.29 is 14.3 Å². The lowest BCUT2D eigenvalue weighted by molar-refractivity contribution is 0.0975. The highest BCUT2D eigenvalue weighted by atomic mass is 16.5. The Morgan fingerprint density at radius 3 is 2.25 bits per heavy atom. The molecule has 0 bridgehead atoms. The summed E-state index contributed by atoms with van der Waals surface area (Å²) in [6.07, 6.45) is -0.398. The van der Waals surface area contributed by atoms with Crippen LogP contribution in [0.2, 0.25) is 0 Å². The number of carbonyl (C=O) groups excluding carboxylic acids is 1. The van der Waals surface area contributed by atoms with E-state index >= 15 is 0 Å². The van der Waals surface area contributed by atoms with Crippen molar-refractivity contribution >= 4 is 17.3 Å². The van der Waals surface area contributed by atoms with Gasteiger partial charge in [-0.15, -0.1) is 0 Å². The maximum Gasteiger partial charge on any atom is 0.262 e. The quantitative estimate of drug-likeness (QED) is 0.412. The van der Waals surface area contributed by atoms with Crippen LogP contribution in [0.3, 0.4) is 0 Å². The maximum absolute atomic E-state index is 13.6. The van der Waals surface area contributed by atoms with Gasteiger partial charge < -0.3 is 14.8 Å². The zero-order valence-electron chi connectivity index (χ0n) is 17.6. The number of benzene rings is 4. The Labute approximate surface area is 186 Å². The molecule has 1 aliphatic heterocycles. The van der Waals surface area contributed by atoms with Crippen molar-refractivity contribution in [3.63, 3.8) is 0 Å². The number of hydrogen-bond donors (Lipinski definition) is 1. The van der Waals surface area contributed by atoms with Crippen LogP contribution in [-0.4, -0.2) is 13.0 Å². The summed E-state index contributed by atoms with van der Waals surface area (Å²) in [5.74, 6) is 2.14. The molecule has 0 spiro atoms. The Hall–Kier alpha value is -4.25. The lowest BCUT2D eigenvalue weighted by atomic mass is 10.0. The minimum atomic E-state index is -0.398. The molecule has 5 rings (SSSR count). The van der Waals surface area contributed by atoms with Crippen molar-refractivity contribution in [2.24, 2.45) is 0 Å². The number of anilines is 2. The Balaban J connectivity index is 1.55. The molecule has 0 fully saturated rings. The predicted molar refractivity (Wildman–Crippen MR) is 126 cm³/mol. The third-order valence-corrected chi connectivity index (χ3v) is 5.43. The van der Waals surface area contributed by atoms with Crippen molar-refractivity contribution in [2.45, 2.75) is 6.17 Å². The fourth-order valence-corrected chi connectivity index (χ4v) is 3.87. The van der Waals surface area contributed by atoms with Gasteiger partial charge in [-0.1, -0.05) is 42.5 Å². The van der Waals surface area contributed by atoms with E-state index in [2.05, 4.69) is 5.32 Å². The molecule has 32 heavy (non-hydrogen) atoms. The number of amides is 1. The molecule has 4 aromatic carbocycles. The summed E-state index contributed by atoms with van der Waals surface area (Å²) in [5, 5.41) is 3.53. The first-order valence-corrected chi connectivity index (χ1v) is 10.4. The minimum Gasteiger partial charge on any atom is -0.497 e. The van der Waals surface area contributed by atoms with E-state index in [0.29, 0.717) is 11.3 Å². The van der Waals surface area contributed by atoms with Gasteiger partial charge in [0, 0.05) is 11.4 Å². The topological polar surface area (TPSA) is 50.8 Å². The van der Waals surface area contributed by atoms with Gasteiger partial charge in [0.2, 0.25) is 0 Å². The Morgan fingerprint density at radius 1 is 0.750 bits per heavy atom. The van der Waals surface area contributed by atoms with Crippen LogP contribution in [-0.2, 0) is 0 Å². The smallest absolute Gasteiger partial charge is 0.262 e. The second-order valence-corrected chi connectivity index (χ2v) is 7.45. The fraction of sp³-hybridized carbons (Fsp3) is 0.0741. The molecule has 1 atom stereocenters. The molecule has 1 aliphatic rings. The number of carbonyl (C=O) groups is 1. The molecule has 1 amide bonds. The molecule has 158 valence electrons. The lowest BCUT2D eigenvalue weighted by Crippen LogP contribution is -2.43. The molecule has 0 radical (unpaired) electrons. The zero-order valence-corrected chi connectivity index (χ0v) is 17.6. The number of fused-ring (bicyclic) bond motifs is 1. The third kappa shape index (κ3) is 3.76. The molecular formula is C27H22N2O3. The second-order valence-electron chi connectivity index (χ2n) is 7.45. The fourth-order valence-electron chi connectivity index (χ4n) is 3.87. The van der Waals surface area contributed by atoms with Gasteiger partial charge in [-0.05, 0) is 66.2 Å². The van der Waals surface area contributed by atoms with Crippen LogP contribution < -0.4 is 19.7 Å². The summed E-state index contributed by atoms with van der Waals surface area (Å²) >= 11 is 0. The van der Waals surface area contributed by atoms with E-state index in [1.807, 2.05) is 103 Å².